The van der Waals surface area contributed by atoms with Gasteiger partial charge in [0, 0.05) is 18.7 Å². The summed E-state index contributed by atoms with van der Waals surface area (Å²) in [6, 6.07) is 13.2. The number of nitrogen functional groups attached to an aromatic ring is 1. The van der Waals surface area contributed by atoms with Crippen LogP contribution in [-0.4, -0.2) is 27.9 Å². The van der Waals surface area contributed by atoms with E-state index in [1.54, 1.807) is 13.1 Å². The van der Waals surface area contributed by atoms with Crippen LogP contribution in [0, 0.1) is 0 Å². The van der Waals surface area contributed by atoms with E-state index in [0.717, 1.165) is 11.1 Å². The minimum absolute atomic E-state index is 0.188. The van der Waals surface area contributed by atoms with Crippen molar-refractivity contribution in [1.29, 1.82) is 0 Å². The first-order chi connectivity index (χ1) is 10.7. The summed E-state index contributed by atoms with van der Waals surface area (Å²) >= 11 is 0. The molecule has 1 aromatic carbocycles. The Labute approximate surface area is 127 Å². The highest BCUT2D eigenvalue weighted by Crippen LogP contribution is 2.29. The summed E-state index contributed by atoms with van der Waals surface area (Å²) in [6.45, 7) is 0. The minimum Gasteiger partial charge on any atom is -0.384 e. The van der Waals surface area contributed by atoms with E-state index in [1.807, 2.05) is 36.4 Å². The molecule has 0 aliphatic rings. The summed E-state index contributed by atoms with van der Waals surface area (Å²) in [6.07, 6.45) is 1.40. The molecule has 3 aromatic rings. The van der Waals surface area contributed by atoms with E-state index in [2.05, 4.69) is 20.3 Å². The van der Waals surface area contributed by atoms with Crippen LogP contribution in [0.25, 0.3) is 22.5 Å². The second-order valence-corrected chi connectivity index (χ2v) is 4.74. The predicted octanol–water partition coefficient (Wildman–Crippen LogP) is 2.08. The zero-order valence-corrected chi connectivity index (χ0v) is 12.0. The van der Waals surface area contributed by atoms with Crippen molar-refractivity contribution in [2.24, 2.45) is 0 Å². The molecule has 0 unspecified atom stereocenters. The number of rotatable bonds is 3. The Hall–Kier alpha value is -3.15. The standard InChI is InChI=1S/C16H15N5O/c1-18-16(22)15-11(10-5-3-2-4-6-10)7-13(21-15)12-8-14(17)20-9-19-12/h2-9,21H,1H3,(H,18,22)(H2,17,19,20). The zero-order chi connectivity index (χ0) is 15.5. The van der Waals surface area contributed by atoms with Gasteiger partial charge in [0.25, 0.3) is 5.91 Å². The van der Waals surface area contributed by atoms with Gasteiger partial charge in [-0.3, -0.25) is 4.79 Å². The lowest BCUT2D eigenvalue weighted by atomic mass is 10.1. The Kier molecular flexibility index (Phi) is 3.57. The average molecular weight is 293 g/mol. The zero-order valence-electron chi connectivity index (χ0n) is 12.0. The first kappa shape index (κ1) is 13.8. The Morgan fingerprint density at radius 1 is 1.18 bits per heavy atom. The summed E-state index contributed by atoms with van der Waals surface area (Å²) in [5.74, 6) is 0.189. The molecule has 0 saturated heterocycles. The largest absolute Gasteiger partial charge is 0.384 e. The van der Waals surface area contributed by atoms with Gasteiger partial charge in [0.15, 0.2) is 0 Å². The average Bonchev–Trinajstić information content (AvgIpc) is 3.00. The van der Waals surface area contributed by atoms with Crippen molar-refractivity contribution in [3.8, 4) is 22.5 Å². The highest BCUT2D eigenvalue weighted by atomic mass is 16.1. The van der Waals surface area contributed by atoms with Crippen LogP contribution in [0.2, 0.25) is 0 Å². The van der Waals surface area contributed by atoms with Gasteiger partial charge in [-0.05, 0) is 11.6 Å². The second kappa shape index (κ2) is 5.69. The molecule has 0 saturated carbocycles. The Bertz CT molecular complexity index is 810. The summed E-state index contributed by atoms with van der Waals surface area (Å²) in [7, 11) is 1.60. The number of H-pyrrole nitrogens is 1. The van der Waals surface area contributed by atoms with Gasteiger partial charge in [-0.25, -0.2) is 9.97 Å². The van der Waals surface area contributed by atoms with Crippen LogP contribution in [0.5, 0.6) is 0 Å². The van der Waals surface area contributed by atoms with Crippen molar-refractivity contribution in [1.82, 2.24) is 20.3 Å². The van der Waals surface area contributed by atoms with E-state index < -0.39 is 0 Å². The van der Waals surface area contributed by atoms with Crippen molar-refractivity contribution in [2.45, 2.75) is 0 Å². The monoisotopic (exact) mass is 293 g/mol. The van der Waals surface area contributed by atoms with Crippen molar-refractivity contribution < 1.29 is 4.79 Å². The molecule has 0 bridgehead atoms. The fourth-order valence-corrected chi connectivity index (χ4v) is 2.26. The Morgan fingerprint density at radius 3 is 2.64 bits per heavy atom. The predicted molar refractivity (Wildman–Crippen MR) is 85.1 cm³/mol. The summed E-state index contributed by atoms with van der Waals surface area (Å²) in [5, 5.41) is 2.64. The maximum atomic E-state index is 12.1. The van der Waals surface area contributed by atoms with E-state index in [-0.39, 0.29) is 5.91 Å². The van der Waals surface area contributed by atoms with Crippen molar-refractivity contribution in [3.63, 3.8) is 0 Å². The van der Waals surface area contributed by atoms with Crippen molar-refractivity contribution in [2.75, 3.05) is 12.8 Å². The molecule has 0 radical (unpaired) electrons. The van der Waals surface area contributed by atoms with Crippen LogP contribution in [0.4, 0.5) is 5.82 Å². The maximum absolute atomic E-state index is 12.1. The number of hydrogen-bond acceptors (Lipinski definition) is 4. The second-order valence-electron chi connectivity index (χ2n) is 4.74. The lowest BCUT2D eigenvalue weighted by molar-refractivity contribution is 0.0959. The molecule has 3 rings (SSSR count). The molecule has 1 amide bonds. The molecule has 6 heteroatoms. The molecule has 0 spiro atoms. The summed E-state index contributed by atoms with van der Waals surface area (Å²) in [5.41, 5.74) is 9.30. The highest BCUT2D eigenvalue weighted by molar-refractivity contribution is 6.00. The van der Waals surface area contributed by atoms with Gasteiger partial charge in [-0.15, -0.1) is 0 Å². The van der Waals surface area contributed by atoms with E-state index in [4.69, 9.17) is 5.73 Å². The Morgan fingerprint density at radius 2 is 1.95 bits per heavy atom. The molecule has 4 N–H and O–H groups in total. The molecule has 0 aliphatic heterocycles. The number of amides is 1. The third-order valence-corrected chi connectivity index (χ3v) is 3.32. The molecular formula is C16H15N5O. The van der Waals surface area contributed by atoms with Crippen molar-refractivity contribution >= 4 is 11.7 Å². The van der Waals surface area contributed by atoms with Crippen molar-refractivity contribution in [3.05, 3.63) is 54.5 Å². The number of carbonyl (C=O) groups excluding carboxylic acids is 1. The van der Waals surface area contributed by atoms with Crippen LogP contribution in [0.15, 0.2) is 48.8 Å². The summed E-state index contributed by atoms with van der Waals surface area (Å²) < 4.78 is 0. The van der Waals surface area contributed by atoms with Crippen LogP contribution in [0.3, 0.4) is 0 Å². The molecule has 0 fully saturated rings. The fraction of sp³-hybridized carbons (Fsp3) is 0.0625. The normalized spacial score (nSPS) is 10.4. The first-order valence-corrected chi connectivity index (χ1v) is 6.77. The van der Waals surface area contributed by atoms with Crippen LogP contribution < -0.4 is 11.1 Å². The third-order valence-electron chi connectivity index (χ3n) is 3.32. The molecule has 110 valence electrons. The van der Waals surface area contributed by atoms with Gasteiger partial charge >= 0.3 is 0 Å². The number of nitrogens with two attached hydrogens (primary N) is 1. The number of carbonyl (C=O) groups is 1. The van der Waals surface area contributed by atoms with E-state index in [0.29, 0.717) is 22.9 Å². The van der Waals surface area contributed by atoms with Crippen LogP contribution >= 0.6 is 0 Å². The van der Waals surface area contributed by atoms with E-state index in [1.165, 1.54) is 6.33 Å². The molecule has 0 aliphatic carbocycles. The van der Waals surface area contributed by atoms with Gasteiger partial charge < -0.3 is 16.0 Å². The molecule has 2 aromatic heterocycles. The molecule has 0 atom stereocenters. The van der Waals surface area contributed by atoms with E-state index >= 15 is 0 Å². The third kappa shape index (κ3) is 2.54. The number of nitrogens with zero attached hydrogens (tertiary/aromatic N) is 2. The van der Waals surface area contributed by atoms with Crippen LogP contribution in [0.1, 0.15) is 10.5 Å². The number of hydrogen-bond donors (Lipinski definition) is 3. The number of nitrogens with one attached hydrogen (secondary N) is 2. The number of benzene rings is 1. The molecule has 22 heavy (non-hydrogen) atoms. The lowest BCUT2D eigenvalue weighted by Gasteiger charge is -2.02. The number of aromatic nitrogens is 3. The highest BCUT2D eigenvalue weighted by Gasteiger charge is 2.17. The SMILES string of the molecule is CNC(=O)c1[nH]c(-c2cc(N)ncn2)cc1-c1ccccc1. The summed E-state index contributed by atoms with van der Waals surface area (Å²) in [4.78, 5) is 23.3. The van der Waals surface area contributed by atoms with Gasteiger partial charge in [0.2, 0.25) is 0 Å². The van der Waals surface area contributed by atoms with Gasteiger partial charge in [0.1, 0.15) is 17.8 Å². The molecule has 2 heterocycles. The maximum Gasteiger partial charge on any atom is 0.268 e. The molecule has 6 nitrogen and oxygen atoms in total. The quantitative estimate of drug-likeness (QED) is 0.688. The minimum atomic E-state index is -0.188. The van der Waals surface area contributed by atoms with Gasteiger partial charge in [-0.1, -0.05) is 30.3 Å². The van der Waals surface area contributed by atoms with Crippen LogP contribution in [-0.2, 0) is 0 Å². The lowest BCUT2D eigenvalue weighted by Crippen LogP contribution is -2.19. The smallest absolute Gasteiger partial charge is 0.268 e. The van der Waals surface area contributed by atoms with Gasteiger partial charge in [0.05, 0.1) is 11.4 Å². The fourth-order valence-electron chi connectivity index (χ4n) is 2.26. The number of anilines is 1. The molecular weight excluding hydrogens is 278 g/mol. The van der Waals surface area contributed by atoms with E-state index in [9.17, 15) is 4.79 Å². The first-order valence-electron chi connectivity index (χ1n) is 6.77. The Balaban J connectivity index is 2.15. The number of aromatic amines is 1. The van der Waals surface area contributed by atoms with Gasteiger partial charge in [-0.2, -0.15) is 0 Å². The topological polar surface area (TPSA) is 96.7 Å².